The predicted octanol–water partition coefficient (Wildman–Crippen LogP) is 10.3. The molecule has 246 valence electrons. The molecule has 2 aromatic heterocycles. The lowest BCUT2D eigenvalue weighted by molar-refractivity contribution is 0.584. The van der Waals surface area contributed by atoms with E-state index in [9.17, 15) is 0 Å². The standard InChI is InChI=1S/C23H33N5.C10H13N.C2H6.2C2H4/c1-4-5-6-9-17(2)21-14-22-25-23(18(3)15-28(22)26-21)27-13-11-19(16-27)20-10-7-8-12-24-20;1-8(2)9-6-4-5-7-10(9)11-3;3*1-2/h7,10,14-15,17,19H,4-6,8-9,11-13,16H2,1-3H3;4-7,11H,1H2,2-3H3;1-2H3;2*1-2H2/t17-,19?;;;;/m0..../s1. The number of allylic oxidation sites excluding steroid dienone is 2. The van der Waals surface area contributed by atoms with Gasteiger partial charge in [0.05, 0.1) is 5.69 Å². The zero-order chi connectivity index (χ0) is 33.8. The maximum atomic E-state index is 5.00. The number of aliphatic imine (C=N–C) groups is 1. The lowest BCUT2D eigenvalue weighted by Crippen LogP contribution is -2.24. The van der Waals surface area contributed by atoms with E-state index in [2.05, 4.69) is 94.4 Å². The summed E-state index contributed by atoms with van der Waals surface area (Å²) in [4.78, 5) is 12.2. The van der Waals surface area contributed by atoms with Crippen molar-refractivity contribution in [2.24, 2.45) is 10.9 Å². The van der Waals surface area contributed by atoms with E-state index < -0.39 is 0 Å². The molecule has 1 fully saturated rings. The highest BCUT2D eigenvalue weighted by atomic mass is 15.3. The highest BCUT2D eigenvalue weighted by Gasteiger charge is 2.28. The molecule has 6 heteroatoms. The van der Waals surface area contributed by atoms with Crippen LogP contribution in [0.3, 0.4) is 0 Å². The highest BCUT2D eigenvalue weighted by molar-refractivity contribution is 5.98. The van der Waals surface area contributed by atoms with Crippen molar-refractivity contribution in [3.05, 3.63) is 98.4 Å². The first kappa shape index (κ1) is 39.1. The second-order valence-corrected chi connectivity index (χ2v) is 11.0. The van der Waals surface area contributed by atoms with Crippen molar-refractivity contribution in [1.82, 2.24) is 14.6 Å². The molecule has 0 amide bonds. The van der Waals surface area contributed by atoms with Crippen LogP contribution >= 0.6 is 0 Å². The second kappa shape index (κ2) is 21.7. The number of unbranched alkanes of at least 4 members (excludes halogenated alkanes) is 2. The average Bonchev–Trinajstić information content (AvgIpc) is 3.75. The lowest BCUT2D eigenvalue weighted by Gasteiger charge is -2.20. The molecule has 2 aliphatic heterocycles. The van der Waals surface area contributed by atoms with Gasteiger partial charge in [0.2, 0.25) is 0 Å². The van der Waals surface area contributed by atoms with E-state index in [4.69, 9.17) is 15.1 Å². The fraction of sp³-hybridized carbons (Fsp3) is 0.462. The third-order valence-corrected chi connectivity index (χ3v) is 7.81. The van der Waals surface area contributed by atoms with Crippen molar-refractivity contribution in [1.29, 1.82) is 0 Å². The van der Waals surface area contributed by atoms with Gasteiger partial charge in [-0.2, -0.15) is 5.10 Å². The molecule has 1 saturated heterocycles. The Hall–Kier alpha value is -3.93. The van der Waals surface area contributed by atoms with Crippen molar-refractivity contribution in [2.75, 3.05) is 36.9 Å². The molecule has 0 bridgehead atoms. The van der Waals surface area contributed by atoms with Crippen molar-refractivity contribution in [3.8, 4) is 0 Å². The summed E-state index contributed by atoms with van der Waals surface area (Å²) in [7, 11) is 1.92. The Balaban J connectivity index is 0.000000499. The van der Waals surface area contributed by atoms with E-state index in [1.54, 1.807) is 0 Å². The van der Waals surface area contributed by atoms with Gasteiger partial charge in [0, 0.05) is 67.7 Å². The largest absolute Gasteiger partial charge is 0.388 e. The lowest BCUT2D eigenvalue weighted by atomic mass is 10.0. The van der Waals surface area contributed by atoms with E-state index in [-0.39, 0.29) is 0 Å². The van der Waals surface area contributed by atoms with Gasteiger partial charge >= 0.3 is 0 Å². The number of rotatable bonds is 9. The second-order valence-electron chi connectivity index (χ2n) is 11.0. The molecule has 6 nitrogen and oxygen atoms in total. The number of hydrogen-bond acceptors (Lipinski definition) is 5. The van der Waals surface area contributed by atoms with Crippen LogP contribution in [0.15, 0.2) is 86.6 Å². The topological polar surface area (TPSA) is 57.8 Å². The van der Waals surface area contributed by atoms with Crippen molar-refractivity contribution < 1.29 is 0 Å². The fourth-order valence-corrected chi connectivity index (χ4v) is 5.49. The number of aromatic nitrogens is 3. The van der Waals surface area contributed by atoms with Gasteiger partial charge in [-0.05, 0) is 56.4 Å². The van der Waals surface area contributed by atoms with Crippen LogP contribution in [0.25, 0.3) is 11.2 Å². The van der Waals surface area contributed by atoms with Crippen LogP contribution in [0.4, 0.5) is 11.5 Å². The summed E-state index contributed by atoms with van der Waals surface area (Å²) in [6.07, 6.45) is 13.9. The molecule has 45 heavy (non-hydrogen) atoms. The molecule has 0 saturated carbocycles. The summed E-state index contributed by atoms with van der Waals surface area (Å²) in [6.45, 7) is 31.6. The van der Waals surface area contributed by atoms with Crippen molar-refractivity contribution >= 4 is 28.4 Å². The average molecular weight is 613 g/mol. The predicted molar refractivity (Wildman–Crippen MR) is 201 cm³/mol. The Bertz CT molecular complexity index is 1350. The van der Waals surface area contributed by atoms with Crippen LogP contribution in [-0.4, -0.2) is 47.0 Å². The number of fused-ring (bicyclic) bond motifs is 1. The van der Waals surface area contributed by atoms with Gasteiger partial charge in [0.1, 0.15) is 5.82 Å². The van der Waals surface area contributed by atoms with Crippen LogP contribution < -0.4 is 10.2 Å². The summed E-state index contributed by atoms with van der Waals surface area (Å²) in [5.41, 5.74) is 8.03. The molecule has 1 aromatic carbocycles. The first-order valence-corrected chi connectivity index (χ1v) is 16.7. The van der Waals surface area contributed by atoms with Crippen LogP contribution in [0, 0.1) is 12.8 Å². The number of para-hydroxylation sites is 1. The smallest absolute Gasteiger partial charge is 0.157 e. The van der Waals surface area contributed by atoms with Crippen LogP contribution in [0.1, 0.15) is 95.9 Å². The number of nitrogens with zero attached hydrogens (tertiary/aromatic N) is 5. The minimum absolute atomic E-state index is 0.490. The van der Waals surface area contributed by atoms with E-state index in [1.807, 2.05) is 50.5 Å². The van der Waals surface area contributed by atoms with Gasteiger partial charge in [0.25, 0.3) is 0 Å². The number of benzene rings is 1. The highest BCUT2D eigenvalue weighted by Crippen LogP contribution is 2.29. The van der Waals surface area contributed by atoms with E-state index in [0.717, 1.165) is 55.2 Å². The maximum absolute atomic E-state index is 5.00. The minimum atomic E-state index is 0.490. The van der Waals surface area contributed by atoms with E-state index in [1.165, 1.54) is 48.2 Å². The van der Waals surface area contributed by atoms with Gasteiger partial charge < -0.3 is 10.2 Å². The Morgan fingerprint density at radius 2 is 1.82 bits per heavy atom. The summed E-state index contributed by atoms with van der Waals surface area (Å²) in [5, 5.41) is 7.93. The quantitative estimate of drug-likeness (QED) is 0.193. The molecular weight excluding hydrogens is 552 g/mol. The molecule has 0 aliphatic carbocycles. The molecule has 3 aromatic rings. The Morgan fingerprint density at radius 1 is 1.11 bits per heavy atom. The first-order valence-electron chi connectivity index (χ1n) is 16.7. The minimum Gasteiger partial charge on any atom is -0.388 e. The molecule has 0 radical (unpaired) electrons. The molecule has 0 spiro atoms. The van der Waals surface area contributed by atoms with Crippen molar-refractivity contribution in [3.63, 3.8) is 0 Å². The van der Waals surface area contributed by atoms with E-state index in [0.29, 0.717) is 11.8 Å². The third-order valence-electron chi connectivity index (χ3n) is 7.81. The number of anilines is 2. The number of aryl methyl sites for hydroxylation is 1. The summed E-state index contributed by atoms with van der Waals surface area (Å²) in [6, 6.07) is 10.3. The van der Waals surface area contributed by atoms with Gasteiger partial charge in [0.15, 0.2) is 5.65 Å². The Morgan fingerprint density at radius 3 is 2.42 bits per heavy atom. The van der Waals surface area contributed by atoms with Gasteiger partial charge in [-0.15, -0.1) is 26.3 Å². The normalized spacial score (nSPS) is 15.5. The molecule has 4 heterocycles. The molecule has 5 rings (SSSR count). The Labute approximate surface area is 274 Å². The fourth-order valence-electron chi connectivity index (χ4n) is 5.49. The number of dihydropyridines is 1. The monoisotopic (exact) mass is 612 g/mol. The zero-order valence-corrected chi connectivity index (χ0v) is 29.4. The Kier molecular flexibility index (Phi) is 18.9. The van der Waals surface area contributed by atoms with Gasteiger partial charge in [-0.3, -0.25) is 4.99 Å². The molecule has 2 aliphatic rings. The number of hydrogen-bond donors (Lipinski definition) is 1. The third kappa shape index (κ3) is 11.5. The summed E-state index contributed by atoms with van der Waals surface area (Å²) < 4.78 is 1.96. The maximum Gasteiger partial charge on any atom is 0.157 e. The van der Waals surface area contributed by atoms with Gasteiger partial charge in [-0.25, -0.2) is 9.50 Å². The summed E-state index contributed by atoms with van der Waals surface area (Å²) in [5.74, 6) is 2.14. The van der Waals surface area contributed by atoms with Gasteiger partial charge in [-0.1, -0.05) is 77.8 Å². The van der Waals surface area contributed by atoms with E-state index >= 15 is 0 Å². The van der Waals surface area contributed by atoms with Crippen LogP contribution in [-0.2, 0) is 0 Å². The molecule has 1 unspecified atom stereocenters. The molecule has 1 N–H and O–H groups in total. The van der Waals surface area contributed by atoms with Crippen LogP contribution in [0.5, 0.6) is 0 Å². The summed E-state index contributed by atoms with van der Waals surface area (Å²) >= 11 is 0. The van der Waals surface area contributed by atoms with Crippen molar-refractivity contribution in [2.45, 2.75) is 86.0 Å². The SMILES string of the molecule is C=C.C=C.C=C(C)c1ccccc1NC.CC.CCCCC[C@H](C)c1cc2nc(N3CCC(C4=NCCC=C4)C3)c(C)cn2n1. The zero-order valence-electron chi connectivity index (χ0n) is 29.4. The first-order chi connectivity index (χ1) is 21.9. The molecular formula is C39H60N6. The number of nitrogens with one attached hydrogen (secondary N) is 1. The molecule has 2 atom stereocenters. The van der Waals surface area contributed by atoms with Crippen LogP contribution in [0.2, 0.25) is 0 Å².